The number of allylic oxidation sites excluding steroid dienone is 2. The lowest BCUT2D eigenvalue weighted by atomic mass is 9.51. The summed E-state index contributed by atoms with van der Waals surface area (Å²) in [5, 5.41) is 10.6. The molecule has 0 aromatic heterocycles. The Morgan fingerprint density at radius 3 is 2.46 bits per heavy atom. The zero-order valence-electron chi connectivity index (χ0n) is 20.6. The number of aromatic hydroxyl groups is 1. The van der Waals surface area contributed by atoms with Crippen molar-refractivity contribution in [2.24, 2.45) is 34.8 Å². The van der Waals surface area contributed by atoms with Gasteiger partial charge in [0, 0.05) is 11.5 Å². The molecular formula is C28H23ClFN3O6. The normalized spacial score (nSPS) is 31.7. The molecule has 3 N–H and O–H groups in total. The van der Waals surface area contributed by atoms with E-state index in [0.29, 0.717) is 16.0 Å². The Hall–Kier alpha value is -4.05. The van der Waals surface area contributed by atoms with Crippen LogP contribution in [0.1, 0.15) is 31.2 Å². The van der Waals surface area contributed by atoms with Crippen molar-refractivity contribution in [3.8, 4) is 5.75 Å². The van der Waals surface area contributed by atoms with Gasteiger partial charge in [-0.15, -0.1) is 0 Å². The summed E-state index contributed by atoms with van der Waals surface area (Å²) in [6.45, 7) is 1.65. The number of benzene rings is 2. The predicted molar refractivity (Wildman–Crippen MR) is 136 cm³/mol. The van der Waals surface area contributed by atoms with Crippen LogP contribution in [0.5, 0.6) is 5.75 Å². The molecule has 6 rings (SSSR count). The average molecular weight is 552 g/mol. The number of carbonyl (C=O) groups is 5. The van der Waals surface area contributed by atoms with Gasteiger partial charge in [-0.25, -0.2) is 14.1 Å². The molecule has 9 nitrogen and oxygen atoms in total. The summed E-state index contributed by atoms with van der Waals surface area (Å²) in [5.74, 6) is -7.55. The molecule has 6 amide bonds. The highest BCUT2D eigenvalue weighted by Crippen LogP contribution is 2.64. The third kappa shape index (κ3) is 3.27. The summed E-state index contributed by atoms with van der Waals surface area (Å²) in [4.78, 5) is 67.8. The number of phenols is 1. The number of primary amides is 1. The Bertz CT molecular complexity index is 1540. The highest BCUT2D eigenvalue weighted by atomic mass is 35.5. The third-order valence-electron chi connectivity index (χ3n) is 8.90. The van der Waals surface area contributed by atoms with Crippen molar-refractivity contribution in [3.63, 3.8) is 0 Å². The van der Waals surface area contributed by atoms with Crippen LogP contribution in [0, 0.1) is 34.9 Å². The maximum absolute atomic E-state index is 14.2. The molecule has 2 aromatic carbocycles. The van der Waals surface area contributed by atoms with Gasteiger partial charge in [-0.3, -0.25) is 19.2 Å². The van der Waals surface area contributed by atoms with E-state index in [1.165, 1.54) is 18.2 Å². The van der Waals surface area contributed by atoms with E-state index in [4.69, 9.17) is 17.3 Å². The molecule has 200 valence electrons. The number of hydrogen-bond acceptors (Lipinski definition) is 6. The van der Waals surface area contributed by atoms with Gasteiger partial charge < -0.3 is 10.8 Å². The summed E-state index contributed by atoms with van der Waals surface area (Å²) in [6.07, 6.45) is 1.97. The summed E-state index contributed by atoms with van der Waals surface area (Å²) >= 11 is 5.97. The lowest BCUT2D eigenvalue weighted by molar-refractivity contribution is -0.136. The Morgan fingerprint density at radius 1 is 1.08 bits per heavy atom. The number of halogens is 2. The maximum atomic E-state index is 14.2. The number of anilines is 1. The molecule has 6 unspecified atom stereocenters. The second-order valence-corrected chi connectivity index (χ2v) is 11.1. The minimum atomic E-state index is -1.39. The van der Waals surface area contributed by atoms with Crippen LogP contribution in [0.4, 0.5) is 14.9 Å². The van der Waals surface area contributed by atoms with E-state index in [2.05, 4.69) is 0 Å². The number of fused-ring (bicyclic) bond motifs is 4. The molecule has 2 aromatic rings. The Kier molecular flexibility index (Phi) is 5.48. The number of amides is 6. The second-order valence-electron chi connectivity index (χ2n) is 10.7. The van der Waals surface area contributed by atoms with Gasteiger partial charge in [-0.05, 0) is 49.9 Å². The zero-order chi connectivity index (χ0) is 28.0. The van der Waals surface area contributed by atoms with Crippen molar-refractivity contribution in [1.29, 1.82) is 0 Å². The van der Waals surface area contributed by atoms with Crippen LogP contribution < -0.4 is 10.6 Å². The first-order valence-corrected chi connectivity index (χ1v) is 12.8. The van der Waals surface area contributed by atoms with Crippen LogP contribution in [0.2, 0.25) is 5.02 Å². The third-order valence-corrected chi connectivity index (χ3v) is 9.19. The Labute approximate surface area is 227 Å². The van der Waals surface area contributed by atoms with Gasteiger partial charge in [0.1, 0.15) is 11.6 Å². The number of carbonyl (C=O) groups excluding carboxylic acids is 5. The molecule has 2 saturated heterocycles. The molecule has 11 heteroatoms. The van der Waals surface area contributed by atoms with Gasteiger partial charge in [-0.1, -0.05) is 41.4 Å². The van der Waals surface area contributed by atoms with Crippen LogP contribution in [0.3, 0.4) is 0 Å². The van der Waals surface area contributed by atoms with E-state index >= 15 is 0 Å². The standard InChI is InChI=1S/C28H23ClFN3O6/c1-28-17(24(36)32(26(28)38)12-6-9-19(30)18(29)10-12)11-16-13(22(28)14-4-2-3-5-20(14)34)7-8-15-21(16)25(37)33(23(15)35)27(31)39/h2-7,9-10,15-17,21-22,34H,8,11H2,1H3,(H2,31,39). The van der Waals surface area contributed by atoms with Crippen LogP contribution in [0.15, 0.2) is 54.1 Å². The monoisotopic (exact) mass is 551 g/mol. The molecule has 4 aliphatic rings. The van der Waals surface area contributed by atoms with Crippen molar-refractivity contribution < 1.29 is 33.5 Å². The number of para-hydroxylation sites is 1. The van der Waals surface area contributed by atoms with Crippen molar-refractivity contribution in [1.82, 2.24) is 4.90 Å². The molecule has 1 saturated carbocycles. The minimum Gasteiger partial charge on any atom is -0.508 e. The van der Waals surface area contributed by atoms with Gasteiger partial charge in [0.2, 0.25) is 23.6 Å². The fourth-order valence-electron chi connectivity index (χ4n) is 7.18. The molecule has 0 radical (unpaired) electrons. The number of phenolic OH excluding ortho intramolecular Hbond substituents is 1. The molecule has 6 atom stereocenters. The summed E-state index contributed by atoms with van der Waals surface area (Å²) in [6, 6.07) is 8.85. The van der Waals surface area contributed by atoms with E-state index in [-0.39, 0.29) is 29.3 Å². The highest BCUT2D eigenvalue weighted by molar-refractivity contribution is 6.31. The zero-order valence-corrected chi connectivity index (χ0v) is 21.4. The van der Waals surface area contributed by atoms with Gasteiger partial charge in [0.15, 0.2) is 0 Å². The summed E-state index contributed by atoms with van der Waals surface area (Å²) in [7, 11) is 0. The number of nitrogens with zero attached hydrogens (tertiary/aromatic N) is 2. The first-order chi connectivity index (χ1) is 18.5. The van der Waals surface area contributed by atoms with Crippen LogP contribution in [-0.4, -0.2) is 39.7 Å². The number of hydrogen-bond donors (Lipinski definition) is 2. The number of rotatable bonds is 2. The topological polar surface area (TPSA) is 138 Å². The first kappa shape index (κ1) is 25.2. The quantitative estimate of drug-likeness (QED) is 0.433. The van der Waals surface area contributed by atoms with Crippen molar-refractivity contribution >= 4 is 46.9 Å². The average Bonchev–Trinajstić information content (AvgIpc) is 3.26. The number of likely N-dealkylation sites (tertiary alicyclic amines) is 1. The van der Waals surface area contributed by atoms with Gasteiger partial charge >= 0.3 is 6.03 Å². The molecule has 2 aliphatic heterocycles. The van der Waals surface area contributed by atoms with Crippen molar-refractivity contribution in [2.75, 3.05) is 4.90 Å². The summed E-state index contributed by atoms with van der Waals surface area (Å²) < 4.78 is 13.9. The van der Waals surface area contributed by atoms with Gasteiger partial charge in [0.05, 0.1) is 33.9 Å². The SMILES string of the molecule is CC12C(=O)N(c3ccc(F)c(Cl)c3)C(=O)C1CC1C(=CCC3C(=O)N(C(N)=O)C(=O)C31)C2c1ccccc1O. The van der Waals surface area contributed by atoms with Crippen LogP contribution in [0.25, 0.3) is 0 Å². The number of urea groups is 1. The minimum absolute atomic E-state index is 0.0508. The van der Waals surface area contributed by atoms with Crippen molar-refractivity contribution in [3.05, 3.63) is 70.5 Å². The fourth-order valence-corrected chi connectivity index (χ4v) is 7.35. The molecule has 0 spiro atoms. The van der Waals surface area contributed by atoms with E-state index in [1.54, 1.807) is 31.2 Å². The lowest BCUT2D eigenvalue weighted by Crippen LogP contribution is -2.49. The van der Waals surface area contributed by atoms with Gasteiger partial charge in [0.25, 0.3) is 0 Å². The largest absolute Gasteiger partial charge is 0.508 e. The first-order valence-electron chi connectivity index (χ1n) is 12.5. The molecule has 39 heavy (non-hydrogen) atoms. The number of imide groups is 4. The molecule has 2 heterocycles. The van der Waals surface area contributed by atoms with E-state index in [9.17, 15) is 33.5 Å². The summed E-state index contributed by atoms with van der Waals surface area (Å²) in [5.41, 5.74) is 5.09. The maximum Gasteiger partial charge on any atom is 0.328 e. The molecule has 0 bridgehead atoms. The smallest absolute Gasteiger partial charge is 0.328 e. The van der Waals surface area contributed by atoms with Crippen molar-refractivity contribution in [2.45, 2.75) is 25.7 Å². The molecular weight excluding hydrogens is 529 g/mol. The van der Waals surface area contributed by atoms with Crippen LogP contribution >= 0.6 is 11.6 Å². The Balaban J connectivity index is 1.53. The fraction of sp³-hybridized carbons (Fsp3) is 0.321. The predicted octanol–water partition coefficient (Wildman–Crippen LogP) is 3.49. The highest BCUT2D eigenvalue weighted by Gasteiger charge is 2.68. The number of nitrogens with two attached hydrogens (primary N) is 1. The van der Waals surface area contributed by atoms with Crippen LogP contribution in [-0.2, 0) is 19.2 Å². The van der Waals surface area contributed by atoms with E-state index in [0.717, 1.165) is 11.0 Å². The Morgan fingerprint density at radius 2 is 1.79 bits per heavy atom. The molecule has 2 aliphatic carbocycles. The van der Waals surface area contributed by atoms with E-state index < -0.39 is 70.5 Å². The van der Waals surface area contributed by atoms with Gasteiger partial charge in [-0.2, -0.15) is 4.90 Å². The molecule has 3 fully saturated rings. The van der Waals surface area contributed by atoms with E-state index in [1.807, 2.05) is 0 Å². The second kappa shape index (κ2) is 8.47. The lowest BCUT2D eigenvalue weighted by Gasteiger charge is -2.49.